The van der Waals surface area contributed by atoms with Gasteiger partial charge in [-0.25, -0.2) is 0 Å². The highest BCUT2D eigenvalue weighted by atomic mass is 16.5. The maximum Gasteiger partial charge on any atom is 0.307 e. The minimum absolute atomic E-state index is 0.108. The number of nitrogens with one attached hydrogen (secondary N) is 1. The fraction of sp³-hybridized carbons (Fsp3) is 0.917. The van der Waals surface area contributed by atoms with Gasteiger partial charge in [-0.15, -0.1) is 0 Å². The zero-order chi connectivity index (χ0) is 12.0. The second kappa shape index (κ2) is 6.86. The van der Waals surface area contributed by atoms with Crippen LogP contribution in [0.4, 0.5) is 0 Å². The molecule has 0 aromatic carbocycles. The molecule has 1 fully saturated rings. The minimum atomic E-state index is -0.108. The van der Waals surface area contributed by atoms with Crippen LogP contribution in [0.2, 0.25) is 0 Å². The van der Waals surface area contributed by atoms with E-state index < -0.39 is 0 Å². The van der Waals surface area contributed by atoms with Crippen molar-refractivity contribution in [3.63, 3.8) is 0 Å². The van der Waals surface area contributed by atoms with Gasteiger partial charge in [-0.3, -0.25) is 9.69 Å². The molecule has 0 aromatic rings. The molecule has 94 valence electrons. The van der Waals surface area contributed by atoms with Crippen LogP contribution in [-0.4, -0.2) is 50.7 Å². The van der Waals surface area contributed by atoms with Crippen LogP contribution in [0.5, 0.6) is 0 Å². The standard InChI is InChI=1S/C12H24N2O2/c1-10(7-12(15)16-3)14-6-4-5-11(9-14)8-13-2/h10-11,13H,4-9H2,1-3H3. The molecule has 0 aromatic heterocycles. The maximum absolute atomic E-state index is 11.2. The van der Waals surface area contributed by atoms with Crippen molar-refractivity contribution in [2.24, 2.45) is 5.92 Å². The number of carbonyl (C=O) groups excluding carboxylic acids is 1. The Labute approximate surface area is 98.3 Å². The van der Waals surface area contributed by atoms with Gasteiger partial charge in [0, 0.05) is 12.6 Å². The Bertz CT molecular complexity index is 219. The molecule has 1 aliphatic rings. The van der Waals surface area contributed by atoms with Gasteiger partial charge in [0.2, 0.25) is 0 Å². The summed E-state index contributed by atoms with van der Waals surface area (Å²) in [6.07, 6.45) is 3.03. The molecule has 4 heteroatoms. The number of nitrogens with zero attached hydrogens (tertiary/aromatic N) is 1. The van der Waals surface area contributed by atoms with Crippen LogP contribution in [0.25, 0.3) is 0 Å². The molecule has 2 unspecified atom stereocenters. The topological polar surface area (TPSA) is 41.6 Å². The summed E-state index contributed by atoms with van der Waals surface area (Å²) in [7, 11) is 3.45. The predicted molar refractivity (Wildman–Crippen MR) is 64.3 cm³/mol. The average Bonchev–Trinajstić information content (AvgIpc) is 2.29. The smallest absolute Gasteiger partial charge is 0.307 e. The van der Waals surface area contributed by atoms with Crippen LogP contribution in [0, 0.1) is 5.92 Å². The van der Waals surface area contributed by atoms with Crippen molar-refractivity contribution in [2.75, 3.05) is 33.8 Å². The van der Waals surface area contributed by atoms with Crippen LogP contribution in [0.3, 0.4) is 0 Å². The van der Waals surface area contributed by atoms with Gasteiger partial charge in [0.25, 0.3) is 0 Å². The van der Waals surface area contributed by atoms with E-state index in [9.17, 15) is 4.79 Å². The van der Waals surface area contributed by atoms with E-state index in [1.54, 1.807) is 0 Å². The van der Waals surface area contributed by atoms with E-state index in [0.717, 1.165) is 25.6 Å². The molecule has 4 nitrogen and oxygen atoms in total. The molecule has 1 saturated heterocycles. The van der Waals surface area contributed by atoms with E-state index in [-0.39, 0.29) is 5.97 Å². The highest BCUT2D eigenvalue weighted by Crippen LogP contribution is 2.19. The lowest BCUT2D eigenvalue weighted by Crippen LogP contribution is -2.44. The molecule has 1 aliphatic heterocycles. The molecule has 1 rings (SSSR count). The Kier molecular flexibility index (Phi) is 5.77. The fourth-order valence-corrected chi connectivity index (χ4v) is 2.41. The number of esters is 1. The largest absolute Gasteiger partial charge is 0.469 e. The van der Waals surface area contributed by atoms with Gasteiger partial charge >= 0.3 is 5.97 Å². The summed E-state index contributed by atoms with van der Waals surface area (Å²) in [6.45, 7) is 5.39. The molecule has 0 spiro atoms. The zero-order valence-corrected chi connectivity index (χ0v) is 10.7. The van der Waals surface area contributed by atoms with E-state index in [1.165, 1.54) is 20.0 Å². The molecular weight excluding hydrogens is 204 g/mol. The van der Waals surface area contributed by atoms with Crippen LogP contribution in [-0.2, 0) is 9.53 Å². The first-order valence-electron chi connectivity index (χ1n) is 6.12. The highest BCUT2D eigenvalue weighted by molar-refractivity contribution is 5.69. The molecule has 0 saturated carbocycles. The van der Waals surface area contributed by atoms with Crippen LogP contribution < -0.4 is 5.32 Å². The van der Waals surface area contributed by atoms with Crippen LogP contribution >= 0.6 is 0 Å². The highest BCUT2D eigenvalue weighted by Gasteiger charge is 2.24. The number of carbonyl (C=O) groups is 1. The summed E-state index contributed by atoms with van der Waals surface area (Å²) >= 11 is 0. The first-order chi connectivity index (χ1) is 7.67. The van der Waals surface area contributed by atoms with E-state index in [1.807, 2.05) is 7.05 Å². The van der Waals surface area contributed by atoms with Crippen molar-refractivity contribution in [3.8, 4) is 0 Å². The second-order valence-corrected chi connectivity index (χ2v) is 4.69. The van der Waals surface area contributed by atoms with Gasteiger partial charge in [-0.2, -0.15) is 0 Å². The van der Waals surface area contributed by atoms with E-state index in [4.69, 9.17) is 4.74 Å². The van der Waals surface area contributed by atoms with Gasteiger partial charge < -0.3 is 10.1 Å². The fourth-order valence-electron chi connectivity index (χ4n) is 2.41. The second-order valence-electron chi connectivity index (χ2n) is 4.69. The van der Waals surface area contributed by atoms with Crippen LogP contribution in [0.15, 0.2) is 0 Å². The molecular formula is C12H24N2O2. The molecule has 0 radical (unpaired) electrons. The lowest BCUT2D eigenvalue weighted by atomic mass is 9.96. The average molecular weight is 228 g/mol. The molecule has 2 atom stereocenters. The number of piperidine rings is 1. The van der Waals surface area contributed by atoms with Gasteiger partial charge in [0.05, 0.1) is 13.5 Å². The number of rotatable bonds is 5. The summed E-state index contributed by atoms with van der Waals surface area (Å²) in [5.41, 5.74) is 0. The molecule has 0 bridgehead atoms. The van der Waals surface area contributed by atoms with Gasteiger partial charge in [-0.1, -0.05) is 0 Å². The Balaban J connectivity index is 2.37. The number of hydrogen-bond donors (Lipinski definition) is 1. The Hall–Kier alpha value is -0.610. The Morgan fingerprint density at radius 1 is 1.62 bits per heavy atom. The summed E-state index contributed by atoms with van der Waals surface area (Å²) in [5.74, 6) is 0.613. The van der Waals surface area contributed by atoms with Gasteiger partial charge in [0.15, 0.2) is 0 Å². The third-order valence-electron chi connectivity index (χ3n) is 3.36. The number of ether oxygens (including phenoxy) is 1. The Morgan fingerprint density at radius 2 is 2.38 bits per heavy atom. The SMILES string of the molecule is CNCC1CCCN(C(C)CC(=O)OC)C1. The third-order valence-corrected chi connectivity index (χ3v) is 3.36. The van der Waals surface area contributed by atoms with Gasteiger partial charge in [0.1, 0.15) is 0 Å². The third kappa shape index (κ3) is 4.10. The van der Waals surface area contributed by atoms with Crippen molar-refractivity contribution in [1.29, 1.82) is 0 Å². The zero-order valence-electron chi connectivity index (χ0n) is 10.7. The summed E-state index contributed by atoms with van der Waals surface area (Å²) in [6, 6.07) is 0.298. The lowest BCUT2D eigenvalue weighted by molar-refractivity contribution is -0.142. The predicted octanol–water partition coefficient (Wildman–Crippen LogP) is 0.869. The minimum Gasteiger partial charge on any atom is -0.469 e. The summed E-state index contributed by atoms with van der Waals surface area (Å²) < 4.78 is 4.71. The first kappa shape index (κ1) is 13.5. The first-order valence-corrected chi connectivity index (χ1v) is 6.12. The quantitative estimate of drug-likeness (QED) is 0.709. The van der Waals surface area contributed by atoms with E-state index in [0.29, 0.717) is 12.5 Å². The monoisotopic (exact) mass is 228 g/mol. The van der Waals surface area contributed by atoms with Gasteiger partial charge in [-0.05, 0) is 45.8 Å². The number of hydrogen-bond acceptors (Lipinski definition) is 4. The van der Waals surface area contributed by atoms with Crippen molar-refractivity contribution in [2.45, 2.75) is 32.2 Å². The van der Waals surface area contributed by atoms with E-state index >= 15 is 0 Å². The van der Waals surface area contributed by atoms with Crippen molar-refractivity contribution in [3.05, 3.63) is 0 Å². The normalized spacial score (nSPS) is 24.1. The van der Waals surface area contributed by atoms with Crippen molar-refractivity contribution >= 4 is 5.97 Å². The van der Waals surface area contributed by atoms with Crippen molar-refractivity contribution in [1.82, 2.24) is 10.2 Å². The molecule has 1 N–H and O–H groups in total. The molecule has 0 amide bonds. The number of likely N-dealkylation sites (tertiary alicyclic amines) is 1. The molecule has 0 aliphatic carbocycles. The molecule has 16 heavy (non-hydrogen) atoms. The van der Waals surface area contributed by atoms with E-state index in [2.05, 4.69) is 17.1 Å². The number of methoxy groups -OCH3 is 1. The molecule has 1 heterocycles. The lowest BCUT2D eigenvalue weighted by Gasteiger charge is -2.36. The summed E-state index contributed by atoms with van der Waals surface area (Å²) in [4.78, 5) is 13.6. The van der Waals surface area contributed by atoms with Crippen molar-refractivity contribution < 1.29 is 9.53 Å². The Morgan fingerprint density at radius 3 is 3.00 bits per heavy atom. The maximum atomic E-state index is 11.2. The van der Waals surface area contributed by atoms with Crippen LogP contribution in [0.1, 0.15) is 26.2 Å². The summed E-state index contributed by atoms with van der Waals surface area (Å²) in [5, 5.41) is 3.23.